The zero-order valence-corrected chi connectivity index (χ0v) is 12.0. The van der Waals surface area contributed by atoms with Crippen molar-refractivity contribution in [3.63, 3.8) is 0 Å². The number of hydrogen-bond donors (Lipinski definition) is 0. The number of benzene rings is 1. The zero-order valence-electron chi connectivity index (χ0n) is 11.3. The number of ether oxygens (including phenoxy) is 1. The Balaban J connectivity index is 2.41. The molecule has 0 unspecified atom stereocenters. The molecule has 0 fully saturated rings. The van der Waals surface area contributed by atoms with Gasteiger partial charge >= 0.3 is 5.97 Å². The Labute approximate surface area is 122 Å². The van der Waals surface area contributed by atoms with Crippen LogP contribution in [-0.4, -0.2) is 18.1 Å². The van der Waals surface area contributed by atoms with E-state index in [0.29, 0.717) is 5.02 Å². The van der Waals surface area contributed by atoms with Gasteiger partial charge in [0.05, 0.1) is 7.11 Å². The van der Waals surface area contributed by atoms with Crippen molar-refractivity contribution in [3.8, 4) is 11.1 Å². The van der Waals surface area contributed by atoms with Gasteiger partial charge in [-0.25, -0.2) is 4.79 Å². The van der Waals surface area contributed by atoms with Crippen LogP contribution in [0.4, 0.5) is 0 Å². The van der Waals surface area contributed by atoms with Gasteiger partial charge in [-0.2, -0.15) is 0 Å². The van der Waals surface area contributed by atoms with Crippen molar-refractivity contribution in [1.29, 1.82) is 0 Å². The summed E-state index contributed by atoms with van der Waals surface area (Å²) in [6.45, 7) is 1.84. The van der Waals surface area contributed by atoms with Crippen LogP contribution in [-0.2, 0) is 9.53 Å². The summed E-state index contributed by atoms with van der Waals surface area (Å²) in [5, 5.41) is 0.668. The van der Waals surface area contributed by atoms with Crippen LogP contribution in [0.25, 0.3) is 16.7 Å². The molecule has 1 aromatic heterocycles. The Morgan fingerprint density at radius 3 is 2.75 bits per heavy atom. The van der Waals surface area contributed by atoms with Crippen molar-refractivity contribution >= 4 is 23.1 Å². The first-order chi connectivity index (χ1) is 9.61. The molecule has 1 aromatic carbocycles. The van der Waals surface area contributed by atoms with Crippen molar-refractivity contribution in [3.05, 3.63) is 59.4 Å². The molecule has 0 atom stereocenters. The lowest BCUT2D eigenvalue weighted by Crippen LogP contribution is -1.96. The van der Waals surface area contributed by atoms with E-state index in [9.17, 15) is 4.79 Å². The maximum absolute atomic E-state index is 11.3. The summed E-state index contributed by atoms with van der Waals surface area (Å²) in [5.74, 6) is -0.384. The maximum atomic E-state index is 11.3. The molecule has 0 spiro atoms. The molecule has 0 aliphatic carbocycles. The lowest BCUT2D eigenvalue weighted by Gasteiger charge is -2.07. The number of hydrogen-bond acceptors (Lipinski definition) is 3. The van der Waals surface area contributed by atoms with Crippen LogP contribution in [0.5, 0.6) is 0 Å². The fourth-order valence-electron chi connectivity index (χ4n) is 1.82. The highest BCUT2D eigenvalue weighted by Crippen LogP contribution is 2.28. The minimum Gasteiger partial charge on any atom is -0.466 e. The van der Waals surface area contributed by atoms with E-state index in [1.165, 1.54) is 13.2 Å². The highest BCUT2D eigenvalue weighted by atomic mass is 35.5. The molecular weight excluding hydrogens is 274 g/mol. The third-order valence-corrected chi connectivity index (χ3v) is 3.24. The summed E-state index contributed by atoms with van der Waals surface area (Å²) in [6, 6.07) is 9.52. The monoisotopic (exact) mass is 287 g/mol. The molecule has 20 heavy (non-hydrogen) atoms. The van der Waals surface area contributed by atoms with Crippen LogP contribution >= 0.6 is 11.6 Å². The van der Waals surface area contributed by atoms with E-state index in [-0.39, 0.29) is 5.97 Å². The Morgan fingerprint density at radius 2 is 2.05 bits per heavy atom. The molecule has 0 N–H and O–H groups in total. The Kier molecular flexibility index (Phi) is 4.53. The normalized spacial score (nSPS) is 11.2. The summed E-state index contributed by atoms with van der Waals surface area (Å²) >= 11 is 6.18. The molecule has 0 saturated heterocycles. The van der Waals surface area contributed by atoms with E-state index >= 15 is 0 Å². The summed E-state index contributed by atoms with van der Waals surface area (Å²) in [4.78, 5) is 15.5. The molecule has 4 heteroatoms. The predicted octanol–water partition coefficient (Wildman–Crippen LogP) is 3.98. The van der Waals surface area contributed by atoms with Gasteiger partial charge in [-0.15, -0.1) is 0 Å². The molecule has 3 nitrogen and oxygen atoms in total. The lowest BCUT2D eigenvalue weighted by atomic mass is 10.0. The van der Waals surface area contributed by atoms with Crippen molar-refractivity contribution in [2.24, 2.45) is 0 Å². The average molecular weight is 288 g/mol. The molecule has 0 radical (unpaired) electrons. The largest absolute Gasteiger partial charge is 0.466 e. The fourth-order valence-corrected chi connectivity index (χ4v) is 2.06. The van der Waals surface area contributed by atoms with Crippen molar-refractivity contribution in [2.75, 3.05) is 7.11 Å². The number of methoxy groups -OCH3 is 1. The van der Waals surface area contributed by atoms with E-state index < -0.39 is 0 Å². The molecule has 0 aliphatic rings. The minimum absolute atomic E-state index is 0.384. The van der Waals surface area contributed by atoms with Crippen molar-refractivity contribution < 1.29 is 9.53 Å². The molecule has 0 bridgehead atoms. The smallest absolute Gasteiger partial charge is 0.330 e. The number of esters is 1. The van der Waals surface area contributed by atoms with Gasteiger partial charge in [0.25, 0.3) is 0 Å². The molecule has 102 valence electrons. The first-order valence-electron chi connectivity index (χ1n) is 6.08. The van der Waals surface area contributed by atoms with E-state index in [1.807, 2.05) is 37.3 Å². The third-order valence-electron chi connectivity index (χ3n) is 2.91. The summed E-state index contributed by atoms with van der Waals surface area (Å²) in [6.07, 6.45) is 4.89. The second-order valence-electron chi connectivity index (χ2n) is 4.29. The van der Waals surface area contributed by atoms with Gasteiger partial charge in [0, 0.05) is 34.6 Å². The number of aromatic nitrogens is 1. The number of allylic oxidation sites excluding steroid dienone is 1. The summed E-state index contributed by atoms with van der Waals surface area (Å²) in [7, 11) is 1.35. The molecule has 0 aliphatic heterocycles. The van der Waals surface area contributed by atoms with Gasteiger partial charge in [0.1, 0.15) is 0 Å². The first-order valence-corrected chi connectivity index (χ1v) is 6.46. The highest BCUT2D eigenvalue weighted by molar-refractivity contribution is 6.33. The number of nitrogens with zero attached hydrogens (tertiary/aromatic N) is 1. The number of halogens is 1. The van der Waals surface area contributed by atoms with Gasteiger partial charge in [-0.05, 0) is 30.2 Å². The quantitative estimate of drug-likeness (QED) is 0.633. The van der Waals surface area contributed by atoms with E-state index in [1.54, 1.807) is 12.4 Å². The Hall–Kier alpha value is -2.13. The topological polar surface area (TPSA) is 39.2 Å². The van der Waals surface area contributed by atoms with Crippen LogP contribution in [0.3, 0.4) is 0 Å². The van der Waals surface area contributed by atoms with E-state index in [2.05, 4.69) is 9.72 Å². The van der Waals surface area contributed by atoms with Crippen molar-refractivity contribution in [2.45, 2.75) is 6.92 Å². The van der Waals surface area contributed by atoms with Crippen molar-refractivity contribution in [1.82, 2.24) is 4.98 Å². The second-order valence-corrected chi connectivity index (χ2v) is 4.70. The van der Waals surface area contributed by atoms with Crippen LogP contribution in [0.15, 0.2) is 48.8 Å². The van der Waals surface area contributed by atoms with Gasteiger partial charge in [0.15, 0.2) is 0 Å². The molecule has 0 saturated carbocycles. The number of carbonyl (C=O) groups is 1. The average Bonchev–Trinajstić information content (AvgIpc) is 2.47. The molecule has 1 heterocycles. The highest BCUT2D eigenvalue weighted by Gasteiger charge is 2.06. The number of carbonyl (C=O) groups excluding carboxylic acids is 1. The van der Waals surface area contributed by atoms with Crippen LogP contribution in [0.2, 0.25) is 5.02 Å². The maximum Gasteiger partial charge on any atom is 0.330 e. The standard InChI is InChI=1S/C16H14ClNO2/c1-11(7-16(19)20-2)12-8-13(10-18-9-12)14-5-3-4-6-15(14)17/h3-10H,1-2H3/b11-7+. The zero-order chi connectivity index (χ0) is 14.5. The SMILES string of the molecule is COC(=O)/C=C(\C)c1cncc(-c2ccccc2Cl)c1. The molecule has 2 aromatic rings. The first kappa shape index (κ1) is 14.3. The van der Waals surface area contributed by atoms with E-state index in [0.717, 1.165) is 22.3 Å². The van der Waals surface area contributed by atoms with Gasteiger partial charge < -0.3 is 4.74 Å². The van der Waals surface area contributed by atoms with Crippen LogP contribution in [0, 0.1) is 0 Å². The van der Waals surface area contributed by atoms with Gasteiger partial charge in [-0.1, -0.05) is 29.8 Å². The minimum atomic E-state index is -0.384. The Bertz CT molecular complexity index is 665. The number of pyridine rings is 1. The van der Waals surface area contributed by atoms with Gasteiger partial charge in [-0.3, -0.25) is 4.98 Å². The third kappa shape index (κ3) is 3.25. The van der Waals surface area contributed by atoms with E-state index in [4.69, 9.17) is 11.6 Å². The molecular formula is C16H14ClNO2. The fraction of sp³-hybridized carbons (Fsp3) is 0.125. The second kappa shape index (κ2) is 6.35. The van der Waals surface area contributed by atoms with Crippen LogP contribution < -0.4 is 0 Å². The molecule has 2 rings (SSSR count). The lowest BCUT2D eigenvalue weighted by molar-refractivity contribution is -0.134. The number of rotatable bonds is 3. The van der Waals surface area contributed by atoms with Gasteiger partial charge in [0.2, 0.25) is 0 Å². The predicted molar refractivity (Wildman–Crippen MR) is 80.4 cm³/mol. The summed E-state index contributed by atoms with van der Waals surface area (Å²) in [5.41, 5.74) is 3.46. The molecule has 0 amide bonds. The Morgan fingerprint density at radius 1 is 1.30 bits per heavy atom. The summed E-state index contributed by atoms with van der Waals surface area (Å²) < 4.78 is 4.62. The van der Waals surface area contributed by atoms with Crippen LogP contribution in [0.1, 0.15) is 12.5 Å².